The molecule has 0 heterocycles. The second kappa shape index (κ2) is 4.24. The van der Waals surface area contributed by atoms with Gasteiger partial charge in [0.25, 0.3) is 0 Å². The van der Waals surface area contributed by atoms with Crippen LogP contribution in [0.4, 0.5) is 0 Å². The summed E-state index contributed by atoms with van der Waals surface area (Å²) in [6, 6.07) is 0.993. The molecule has 0 aromatic rings. The standard InChI is InChI=1S/C10H23NO/c1-8(2)11(9(3)4)7-10(5,6)12/h8-9,12H,7H2,1-6H3. The van der Waals surface area contributed by atoms with E-state index in [0.29, 0.717) is 12.1 Å². The normalized spacial score (nSPS) is 13.5. The van der Waals surface area contributed by atoms with E-state index in [1.165, 1.54) is 0 Å². The van der Waals surface area contributed by atoms with Crippen molar-refractivity contribution in [3.8, 4) is 0 Å². The lowest BCUT2D eigenvalue weighted by Gasteiger charge is -2.35. The fourth-order valence-corrected chi connectivity index (χ4v) is 1.41. The smallest absolute Gasteiger partial charge is 0.0718 e. The predicted octanol–water partition coefficient (Wildman–Crippen LogP) is 1.88. The van der Waals surface area contributed by atoms with Gasteiger partial charge in [-0.05, 0) is 41.5 Å². The summed E-state index contributed by atoms with van der Waals surface area (Å²) in [4.78, 5) is 2.29. The Kier molecular flexibility index (Phi) is 4.21. The first kappa shape index (κ1) is 11.9. The van der Waals surface area contributed by atoms with Crippen LogP contribution < -0.4 is 0 Å². The van der Waals surface area contributed by atoms with E-state index in [9.17, 15) is 5.11 Å². The van der Waals surface area contributed by atoms with Gasteiger partial charge in [-0.15, -0.1) is 0 Å². The van der Waals surface area contributed by atoms with Gasteiger partial charge in [0.1, 0.15) is 0 Å². The highest BCUT2D eigenvalue weighted by Crippen LogP contribution is 2.11. The molecule has 0 aromatic carbocycles. The Morgan fingerprint density at radius 1 is 1.08 bits per heavy atom. The summed E-state index contributed by atoms with van der Waals surface area (Å²) in [7, 11) is 0. The molecule has 0 amide bonds. The molecule has 0 aliphatic heterocycles. The second-order valence-corrected chi connectivity index (χ2v) is 4.67. The fraction of sp³-hybridized carbons (Fsp3) is 1.00. The monoisotopic (exact) mass is 173 g/mol. The molecule has 0 radical (unpaired) electrons. The van der Waals surface area contributed by atoms with Gasteiger partial charge in [-0.2, -0.15) is 0 Å². The number of aliphatic hydroxyl groups is 1. The summed E-state index contributed by atoms with van der Waals surface area (Å²) in [6.45, 7) is 13.1. The maximum Gasteiger partial charge on any atom is 0.0718 e. The van der Waals surface area contributed by atoms with Gasteiger partial charge in [-0.3, -0.25) is 4.90 Å². The molecule has 74 valence electrons. The molecular formula is C10H23NO. The maximum atomic E-state index is 9.64. The van der Waals surface area contributed by atoms with Crippen molar-refractivity contribution in [2.75, 3.05) is 6.54 Å². The zero-order valence-corrected chi connectivity index (χ0v) is 9.26. The minimum absolute atomic E-state index is 0.497. The van der Waals surface area contributed by atoms with Crippen LogP contribution in [0.5, 0.6) is 0 Å². The Balaban J connectivity index is 4.15. The molecule has 12 heavy (non-hydrogen) atoms. The van der Waals surface area contributed by atoms with E-state index >= 15 is 0 Å². The Hall–Kier alpha value is -0.0800. The molecule has 0 atom stereocenters. The fourth-order valence-electron chi connectivity index (χ4n) is 1.41. The van der Waals surface area contributed by atoms with Crippen LogP contribution in [0.2, 0.25) is 0 Å². The third-order valence-electron chi connectivity index (χ3n) is 1.90. The van der Waals surface area contributed by atoms with Crippen LogP contribution in [0, 0.1) is 0 Å². The van der Waals surface area contributed by atoms with Crippen LogP contribution in [-0.2, 0) is 0 Å². The molecule has 0 aromatic heterocycles. The topological polar surface area (TPSA) is 23.5 Å². The van der Waals surface area contributed by atoms with Gasteiger partial charge in [-0.1, -0.05) is 0 Å². The highest BCUT2D eigenvalue weighted by Gasteiger charge is 2.21. The Morgan fingerprint density at radius 3 is 1.50 bits per heavy atom. The van der Waals surface area contributed by atoms with Gasteiger partial charge in [0, 0.05) is 18.6 Å². The molecule has 0 aliphatic rings. The molecular weight excluding hydrogens is 150 g/mol. The molecule has 0 saturated carbocycles. The largest absolute Gasteiger partial charge is 0.389 e. The van der Waals surface area contributed by atoms with Gasteiger partial charge in [0.2, 0.25) is 0 Å². The van der Waals surface area contributed by atoms with E-state index < -0.39 is 5.60 Å². The Morgan fingerprint density at radius 2 is 1.42 bits per heavy atom. The summed E-state index contributed by atoms with van der Waals surface area (Å²) in [6.07, 6.45) is 0. The molecule has 0 unspecified atom stereocenters. The molecule has 2 heteroatoms. The van der Waals surface area contributed by atoms with Crippen LogP contribution in [-0.4, -0.2) is 34.2 Å². The molecule has 0 rings (SSSR count). The van der Waals surface area contributed by atoms with Gasteiger partial charge < -0.3 is 5.11 Å². The lowest BCUT2D eigenvalue weighted by atomic mass is 10.1. The zero-order valence-electron chi connectivity index (χ0n) is 9.26. The van der Waals surface area contributed by atoms with Gasteiger partial charge in [0.05, 0.1) is 5.60 Å². The first-order valence-corrected chi connectivity index (χ1v) is 4.72. The zero-order chi connectivity index (χ0) is 9.94. The number of hydrogen-bond donors (Lipinski definition) is 1. The third-order valence-corrected chi connectivity index (χ3v) is 1.90. The number of nitrogens with zero attached hydrogens (tertiary/aromatic N) is 1. The first-order chi connectivity index (χ1) is 5.24. The molecule has 1 N–H and O–H groups in total. The van der Waals surface area contributed by atoms with Crippen LogP contribution >= 0.6 is 0 Å². The van der Waals surface area contributed by atoms with Crippen molar-refractivity contribution in [1.82, 2.24) is 4.90 Å². The summed E-state index contributed by atoms with van der Waals surface area (Å²) < 4.78 is 0. The molecule has 0 saturated heterocycles. The highest BCUT2D eigenvalue weighted by atomic mass is 16.3. The predicted molar refractivity (Wildman–Crippen MR) is 53.3 cm³/mol. The lowest BCUT2D eigenvalue weighted by Crippen LogP contribution is -2.45. The first-order valence-electron chi connectivity index (χ1n) is 4.72. The third kappa shape index (κ3) is 4.73. The van der Waals surface area contributed by atoms with Crippen molar-refractivity contribution >= 4 is 0 Å². The van der Waals surface area contributed by atoms with E-state index in [4.69, 9.17) is 0 Å². The van der Waals surface area contributed by atoms with Crippen molar-refractivity contribution in [3.63, 3.8) is 0 Å². The van der Waals surface area contributed by atoms with Crippen molar-refractivity contribution in [3.05, 3.63) is 0 Å². The van der Waals surface area contributed by atoms with Crippen LogP contribution in [0.1, 0.15) is 41.5 Å². The quantitative estimate of drug-likeness (QED) is 0.701. The van der Waals surface area contributed by atoms with Crippen LogP contribution in [0.15, 0.2) is 0 Å². The van der Waals surface area contributed by atoms with E-state index in [1.54, 1.807) is 0 Å². The minimum atomic E-state index is -0.589. The van der Waals surface area contributed by atoms with Crippen LogP contribution in [0.3, 0.4) is 0 Å². The summed E-state index contributed by atoms with van der Waals surface area (Å²) in [5.74, 6) is 0. The summed E-state index contributed by atoms with van der Waals surface area (Å²) in [5.41, 5.74) is -0.589. The SMILES string of the molecule is CC(C)N(CC(C)(C)O)C(C)C. The van der Waals surface area contributed by atoms with Gasteiger partial charge in [-0.25, -0.2) is 0 Å². The number of rotatable bonds is 4. The second-order valence-electron chi connectivity index (χ2n) is 4.67. The average molecular weight is 173 g/mol. The maximum absolute atomic E-state index is 9.64. The van der Waals surface area contributed by atoms with E-state index in [0.717, 1.165) is 6.54 Å². The molecule has 0 fully saturated rings. The van der Waals surface area contributed by atoms with E-state index in [1.807, 2.05) is 13.8 Å². The molecule has 0 spiro atoms. The van der Waals surface area contributed by atoms with Gasteiger partial charge >= 0.3 is 0 Å². The van der Waals surface area contributed by atoms with E-state index in [2.05, 4.69) is 32.6 Å². The summed E-state index contributed by atoms with van der Waals surface area (Å²) >= 11 is 0. The van der Waals surface area contributed by atoms with Crippen molar-refractivity contribution in [2.24, 2.45) is 0 Å². The Labute approximate surface area is 76.6 Å². The highest BCUT2D eigenvalue weighted by molar-refractivity contribution is 4.76. The van der Waals surface area contributed by atoms with Crippen LogP contribution in [0.25, 0.3) is 0 Å². The van der Waals surface area contributed by atoms with Crippen molar-refractivity contribution < 1.29 is 5.11 Å². The minimum Gasteiger partial charge on any atom is -0.389 e. The van der Waals surface area contributed by atoms with Crippen molar-refractivity contribution in [2.45, 2.75) is 59.2 Å². The molecule has 0 bridgehead atoms. The Bertz CT molecular complexity index is 116. The molecule has 0 aliphatic carbocycles. The van der Waals surface area contributed by atoms with Gasteiger partial charge in [0.15, 0.2) is 0 Å². The number of hydrogen-bond acceptors (Lipinski definition) is 2. The summed E-state index contributed by atoms with van der Waals surface area (Å²) in [5, 5.41) is 9.64. The lowest BCUT2D eigenvalue weighted by molar-refractivity contribution is 0.0134. The average Bonchev–Trinajstić information content (AvgIpc) is 1.79. The van der Waals surface area contributed by atoms with Crippen molar-refractivity contribution in [1.29, 1.82) is 0 Å². The molecule has 2 nitrogen and oxygen atoms in total. The van der Waals surface area contributed by atoms with E-state index in [-0.39, 0.29) is 0 Å².